The monoisotopic (exact) mass is 409 g/mol. The Kier molecular flexibility index (Phi) is 6.93. The van der Waals surface area contributed by atoms with Crippen LogP contribution in [-0.4, -0.2) is 31.0 Å². The van der Waals surface area contributed by atoms with Gasteiger partial charge in [-0.3, -0.25) is 4.79 Å². The van der Waals surface area contributed by atoms with Crippen molar-refractivity contribution in [3.8, 4) is 0 Å². The number of benzene rings is 1. The van der Waals surface area contributed by atoms with Crippen LogP contribution in [0.15, 0.2) is 60.4 Å². The molecule has 152 valence electrons. The molecular formula is C22H27N5OS. The maximum absolute atomic E-state index is 12.4. The van der Waals surface area contributed by atoms with Gasteiger partial charge in [0.25, 0.3) is 0 Å². The number of hydrogen-bond acceptors (Lipinski definition) is 4. The molecule has 1 aromatic carbocycles. The molecule has 3 aromatic rings. The lowest BCUT2D eigenvalue weighted by molar-refractivity contribution is -0.113. The Balaban J connectivity index is 1.62. The third kappa shape index (κ3) is 5.38. The Morgan fingerprint density at radius 2 is 2.00 bits per heavy atom. The average molecular weight is 410 g/mol. The SMILES string of the molecule is C=CCn1c(Cc2cccn2C)nnc1SCC(=O)Nc1ccc(C(C)C)cc1. The van der Waals surface area contributed by atoms with E-state index in [1.165, 1.54) is 17.3 Å². The third-order valence-electron chi connectivity index (χ3n) is 4.69. The van der Waals surface area contributed by atoms with Gasteiger partial charge < -0.3 is 14.5 Å². The van der Waals surface area contributed by atoms with Gasteiger partial charge in [0.1, 0.15) is 5.82 Å². The summed E-state index contributed by atoms with van der Waals surface area (Å²) in [6, 6.07) is 12.1. The van der Waals surface area contributed by atoms with E-state index in [-0.39, 0.29) is 11.7 Å². The van der Waals surface area contributed by atoms with Gasteiger partial charge in [-0.15, -0.1) is 16.8 Å². The number of amides is 1. The molecule has 29 heavy (non-hydrogen) atoms. The van der Waals surface area contributed by atoms with Crippen LogP contribution in [0.4, 0.5) is 5.69 Å². The minimum Gasteiger partial charge on any atom is -0.354 e. The van der Waals surface area contributed by atoms with Crippen molar-refractivity contribution in [2.75, 3.05) is 11.1 Å². The molecule has 0 saturated heterocycles. The summed E-state index contributed by atoms with van der Waals surface area (Å²) < 4.78 is 4.08. The molecule has 0 fully saturated rings. The second-order valence-electron chi connectivity index (χ2n) is 7.20. The number of hydrogen-bond donors (Lipinski definition) is 1. The summed E-state index contributed by atoms with van der Waals surface area (Å²) in [5, 5.41) is 12.3. The van der Waals surface area contributed by atoms with E-state index in [1.54, 1.807) is 0 Å². The Bertz CT molecular complexity index is 972. The minimum absolute atomic E-state index is 0.0653. The second kappa shape index (κ2) is 9.60. The van der Waals surface area contributed by atoms with Crippen molar-refractivity contribution in [1.82, 2.24) is 19.3 Å². The molecule has 6 nitrogen and oxygen atoms in total. The number of nitrogens with one attached hydrogen (secondary N) is 1. The van der Waals surface area contributed by atoms with Crippen LogP contribution >= 0.6 is 11.8 Å². The average Bonchev–Trinajstić information content (AvgIpc) is 3.27. The summed E-state index contributed by atoms with van der Waals surface area (Å²) in [7, 11) is 2.01. The number of carbonyl (C=O) groups excluding carboxylic acids is 1. The Morgan fingerprint density at radius 1 is 1.24 bits per heavy atom. The van der Waals surface area contributed by atoms with E-state index in [0.717, 1.165) is 22.4 Å². The molecular weight excluding hydrogens is 382 g/mol. The summed E-state index contributed by atoms with van der Waals surface area (Å²) in [5.74, 6) is 1.53. The predicted molar refractivity (Wildman–Crippen MR) is 118 cm³/mol. The topological polar surface area (TPSA) is 64.7 Å². The fraction of sp³-hybridized carbons (Fsp3) is 0.318. The van der Waals surface area contributed by atoms with Crippen LogP contribution < -0.4 is 5.32 Å². The number of carbonyl (C=O) groups is 1. The molecule has 1 amide bonds. The van der Waals surface area contributed by atoms with Crippen LogP contribution in [0.5, 0.6) is 0 Å². The molecule has 0 aliphatic carbocycles. The van der Waals surface area contributed by atoms with Crippen molar-refractivity contribution in [2.24, 2.45) is 7.05 Å². The molecule has 0 bridgehead atoms. The molecule has 0 aliphatic rings. The number of aryl methyl sites for hydroxylation is 1. The van der Waals surface area contributed by atoms with Gasteiger partial charge >= 0.3 is 0 Å². The van der Waals surface area contributed by atoms with E-state index in [9.17, 15) is 4.79 Å². The molecule has 0 spiro atoms. The van der Waals surface area contributed by atoms with Gasteiger partial charge in [0.15, 0.2) is 5.16 Å². The minimum atomic E-state index is -0.0653. The van der Waals surface area contributed by atoms with Crippen molar-refractivity contribution >= 4 is 23.4 Å². The Morgan fingerprint density at radius 3 is 2.62 bits per heavy atom. The zero-order chi connectivity index (χ0) is 20.8. The molecule has 7 heteroatoms. The maximum atomic E-state index is 12.4. The number of anilines is 1. The van der Waals surface area contributed by atoms with Gasteiger partial charge in [-0.1, -0.05) is 43.8 Å². The van der Waals surface area contributed by atoms with Crippen molar-refractivity contribution < 1.29 is 4.79 Å². The van der Waals surface area contributed by atoms with Crippen LogP contribution in [0.1, 0.15) is 36.8 Å². The molecule has 1 N–H and O–H groups in total. The second-order valence-corrected chi connectivity index (χ2v) is 8.14. The zero-order valence-corrected chi connectivity index (χ0v) is 17.9. The number of nitrogens with zero attached hydrogens (tertiary/aromatic N) is 4. The maximum Gasteiger partial charge on any atom is 0.234 e. The van der Waals surface area contributed by atoms with E-state index in [2.05, 4.69) is 46.6 Å². The summed E-state index contributed by atoms with van der Waals surface area (Å²) in [5.41, 5.74) is 3.21. The van der Waals surface area contributed by atoms with Gasteiger partial charge in [-0.25, -0.2) is 0 Å². The molecule has 2 aromatic heterocycles. The van der Waals surface area contributed by atoms with Crippen molar-refractivity contribution in [2.45, 2.75) is 37.9 Å². The fourth-order valence-corrected chi connectivity index (χ4v) is 3.76. The summed E-state index contributed by atoms with van der Waals surface area (Å²) in [6.45, 7) is 8.73. The number of aromatic nitrogens is 4. The Labute approximate surface area is 176 Å². The van der Waals surface area contributed by atoms with E-state index in [4.69, 9.17) is 0 Å². The molecule has 0 aliphatic heterocycles. The summed E-state index contributed by atoms with van der Waals surface area (Å²) >= 11 is 1.38. The third-order valence-corrected chi connectivity index (χ3v) is 5.66. The van der Waals surface area contributed by atoms with E-state index < -0.39 is 0 Å². The largest absolute Gasteiger partial charge is 0.354 e. The molecule has 3 rings (SSSR count). The van der Waals surface area contributed by atoms with Gasteiger partial charge in [-0.2, -0.15) is 0 Å². The first-order valence-corrected chi connectivity index (χ1v) is 10.6. The lowest BCUT2D eigenvalue weighted by atomic mass is 10.0. The van der Waals surface area contributed by atoms with Crippen molar-refractivity contribution in [3.63, 3.8) is 0 Å². The van der Waals surface area contributed by atoms with E-state index in [0.29, 0.717) is 18.9 Å². The van der Waals surface area contributed by atoms with Gasteiger partial charge in [0.05, 0.1) is 5.75 Å². The number of thioether (sulfide) groups is 1. The van der Waals surface area contributed by atoms with Crippen LogP contribution in [0.2, 0.25) is 0 Å². The Hall–Kier alpha value is -2.80. The van der Waals surface area contributed by atoms with Gasteiger partial charge in [-0.05, 0) is 35.7 Å². The highest BCUT2D eigenvalue weighted by atomic mass is 32.2. The molecule has 2 heterocycles. The quantitative estimate of drug-likeness (QED) is 0.424. The van der Waals surface area contributed by atoms with E-state index in [1.807, 2.05) is 54.2 Å². The van der Waals surface area contributed by atoms with E-state index >= 15 is 0 Å². The van der Waals surface area contributed by atoms with Crippen LogP contribution in [0, 0.1) is 0 Å². The summed E-state index contributed by atoms with van der Waals surface area (Å²) in [4.78, 5) is 12.4. The molecule has 0 unspecified atom stereocenters. The summed E-state index contributed by atoms with van der Waals surface area (Å²) in [6.07, 6.45) is 4.51. The molecule has 0 radical (unpaired) electrons. The van der Waals surface area contributed by atoms with Gasteiger partial charge in [0.2, 0.25) is 5.91 Å². The van der Waals surface area contributed by atoms with Gasteiger partial charge in [0, 0.05) is 37.6 Å². The standard InChI is InChI=1S/C22H27N5OS/c1-5-12-27-20(14-19-7-6-13-26(19)4)24-25-22(27)29-15-21(28)23-18-10-8-17(9-11-18)16(2)3/h5-11,13,16H,1,12,14-15H2,2-4H3,(H,23,28). The fourth-order valence-electron chi connectivity index (χ4n) is 2.99. The first-order chi connectivity index (χ1) is 14.0. The lowest BCUT2D eigenvalue weighted by Gasteiger charge is -2.09. The highest BCUT2D eigenvalue weighted by Gasteiger charge is 2.15. The van der Waals surface area contributed by atoms with Crippen LogP contribution in [0.3, 0.4) is 0 Å². The lowest BCUT2D eigenvalue weighted by Crippen LogP contribution is -2.15. The normalized spacial score (nSPS) is 11.0. The first-order valence-electron chi connectivity index (χ1n) is 9.63. The highest BCUT2D eigenvalue weighted by molar-refractivity contribution is 7.99. The van der Waals surface area contributed by atoms with Crippen molar-refractivity contribution in [1.29, 1.82) is 0 Å². The molecule has 0 saturated carbocycles. The number of allylic oxidation sites excluding steroid dienone is 1. The highest BCUT2D eigenvalue weighted by Crippen LogP contribution is 2.21. The van der Waals surface area contributed by atoms with Crippen LogP contribution in [0.25, 0.3) is 0 Å². The molecule has 0 atom stereocenters. The van der Waals surface area contributed by atoms with Crippen molar-refractivity contribution in [3.05, 3.63) is 72.3 Å². The van der Waals surface area contributed by atoms with Crippen LogP contribution in [-0.2, 0) is 24.8 Å². The predicted octanol–water partition coefficient (Wildman–Crippen LogP) is 4.25. The number of rotatable bonds is 9. The zero-order valence-electron chi connectivity index (χ0n) is 17.1. The first kappa shape index (κ1) is 20.9. The smallest absolute Gasteiger partial charge is 0.234 e.